The average molecular weight is 266 g/mol. The van der Waals surface area contributed by atoms with Gasteiger partial charge in [0.2, 0.25) is 0 Å². The minimum Gasteiger partial charge on any atom is -0.294 e. The summed E-state index contributed by atoms with van der Waals surface area (Å²) in [5.74, 6) is 3.59. The molecular weight excluding hydrogens is 256 g/mol. The number of benzene rings is 1. The van der Waals surface area contributed by atoms with E-state index in [-0.39, 0.29) is 5.56 Å². The number of nitrogens with two attached hydrogens (primary N) is 1. The van der Waals surface area contributed by atoms with Crippen LogP contribution in [0.1, 0.15) is 19.4 Å². The van der Waals surface area contributed by atoms with Crippen LogP contribution in [-0.2, 0) is 10.4 Å². The Bertz CT molecular complexity index is 332. The molecular formula is C9H10BrF2NO. The second kappa shape index (κ2) is 3.92. The SMILES string of the molecule is CC(C)(ON)c1c(F)cc(Br)cc1F. The van der Waals surface area contributed by atoms with Crippen molar-refractivity contribution in [2.24, 2.45) is 5.90 Å². The number of halogens is 3. The van der Waals surface area contributed by atoms with Gasteiger partial charge < -0.3 is 0 Å². The number of hydrogen-bond donors (Lipinski definition) is 1. The summed E-state index contributed by atoms with van der Waals surface area (Å²) >= 11 is 2.98. The lowest BCUT2D eigenvalue weighted by Crippen LogP contribution is -2.28. The van der Waals surface area contributed by atoms with E-state index in [9.17, 15) is 8.78 Å². The zero-order chi connectivity index (χ0) is 10.9. The highest BCUT2D eigenvalue weighted by molar-refractivity contribution is 9.10. The van der Waals surface area contributed by atoms with Gasteiger partial charge in [-0.1, -0.05) is 15.9 Å². The summed E-state index contributed by atoms with van der Waals surface area (Å²) < 4.78 is 27.1. The highest BCUT2D eigenvalue weighted by Crippen LogP contribution is 2.30. The summed E-state index contributed by atoms with van der Waals surface area (Å²) in [6, 6.07) is 2.33. The van der Waals surface area contributed by atoms with Gasteiger partial charge in [-0.05, 0) is 26.0 Å². The van der Waals surface area contributed by atoms with Crippen LogP contribution in [0.4, 0.5) is 8.78 Å². The van der Waals surface area contributed by atoms with E-state index in [2.05, 4.69) is 20.8 Å². The van der Waals surface area contributed by atoms with E-state index in [1.807, 2.05) is 0 Å². The van der Waals surface area contributed by atoms with Crippen LogP contribution in [-0.4, -0.2) is 0 Å². The van der Waals surface area contributed by atoms with Gasteiger partial charge in [0.1, 0.15) is 17.2 Å². The molecule has 14 heavy (non-hydrogen) atoms. The molecule has 0 aliphatic carbocycles. The van der Waals surface area contributed by atoms with Gasteiger partial charge in [-0.15, -0.1) is 0 Å². The third-order valence-corrected chi connectivity index (χ3v) is 2.36. The molecule has 0 aliphatic heterocycles. The summed E-state index contributed by atoms with van der Waals surface area (Å²) in [6.45, 7) is 2.98. The zero-order valence-electron chi connectivity index (χ0n) is 7.77. The molecule has 2 N–H and O–H groups in total. The third kappa shape index (κ3) is 2.10. The normalized spacial score (nSPS) is 11.9. The Balaban J connectivity index is 3.35. The molecule has 1 aromatic rings. The lowest BCUT2D eigenvalue weighted by molar-refractivity contribution is -0.0286. The van der Waals surface area contributed by atoms with Crippen LogP contribution in [0.25, 0.3) is 0 Å². The smallest absolute Gasteiger partial charge is 0.133 e. The average Bonchev–Trinajstić information content (AvgIpc) is 2.01. The predicted octanol–water partition coefficient (Wildman–Crippen LogP) is 2.85. The first-order valence-corrected chi connectivity index (χ1v) is 4.70. The Morgan fingerprint density at radius 2 is 1.71 bits per heavy atom. The second-order valence-electron chi connectivity index (χ2n) is 3.37. The first-order chi connectivity index (χ1) is 6.38. The fraction of sp³-hybridized carbons (Fsp3) is 0.333. The summed E-state index contributed by atoms with van der Waals surface area (Å²) in [6.07, 6.45) is 0. The number of hydrogen-bond acceptors (Lipinski definition) is 2. The van der Waals surface area contributed by atoms with Gasteiger partial charge in [0, 0.05) is 4.47 Å². The highest BCUT2D eigenvalue weighted by atomic mass is 79.9. The van der Waals surface area contributed by atoms with Gasteiger partial charge in [-0.3, -0.25) is 4.84 Å². The van der Waals surface area contributed by atoms with Crippen LogP contribution in [0.5, 0.6) is 0 Å². The van der Waals surface area contributed by atoms with Crippen LogP contribution in [0.3, 0.4) is 0 Å². The van der Waals surface area contributed by atoms with Crippen molar-refractivity contribution in [2.45, 2.75) is 19.4 Å². The molecule has 0 fully saturated rings. The van der Waals surface area contributed by atoms with Crippen LogP contribution in [0.2, 0.25) is 0 Å². The van der Waals surface area contributed by atoms with Crippen molar-refractivity contribution in [2.75, 3.05) is 0 Å². The van der Waals surface area contributed by atoms with Gasteiger partial charge >= 0.3 is 0 Å². The molecule has 1 aromatic carbocycles. The predicted molar refractivity (Wildman–Crippen MR) is 52.4 cm³/mol. The lowest BCUT2D eigenvalue weighted by Gasteiger charge is -2.23. The molecule has 0 unspecified atom stereocenters. The fourth-order valence-corrected chi connectivity index (χ4v) is 1.58. The molecule has 0 saturated carbocycles. The Morgan fingerprint density at radius 3 is 2.07 bits per heavy atom. The van der Waals surface area contributed by atoms with E-state index in [4.69, 9.17) is 5.90 Å². The van der Waals surface area contributed by atoms with Gasteiger partial charge in [0.05, 0.1) is 5.56 Å². The maximum atomic E-state index is 13.4. The number of rotatable bonds is 2. The van der Waals surface area contributed by atoms with Crippen molar-refractivity contribution in [3.05, 3.63) is 33.8 Å². The van der Waals surface area contributed by atoms with Gasteiger partial charge in [-0.2, -0.15) is 0 Å². The first kappa shape index (κ1) is 11.6. The minimum atomic E-state index is -1.19. The molecule has 0 aromatic heterocycles. The molecule has 78 valence electrons. The molecule has 0 aliphatic rings. The second-order valence-corrected chi connectivity index (χ2v) is 4.29. The van der Waals surface area contributed by atoms with Crippen LogP contribution >= 0.6 is 15.9 Å². The zero-order valence-corrected chi connectivity index (χ0v) is 9.36. The minimum absolute atomic E-state index is 0.178. The van der Waals surface area contributed by atoms with Crippen molar-refractivity contribution in [3.8, 4) is 0 Å². The largest absolute Gasteiger partial charge is 0.294 e. The van der Waals surface area contributed by atoms with Crippen molar-refractivity contribution in [3.63, 3.8) is 0 Å². The summed E-state index contributed by atoms with van der Waals surface area (Å²) in [5.41, 5.74) is -1.36. The Labute approximate surface area is 89.1 Å². The fourth-order valence-electron chi connectivity index (χ4n) is 1.18. The molecule has 0 amide bonds. The van der Waals surface area contributed by atoms with E-state index < -0.39 is 17.2 Å². The summed E-state index contributed by atoms with van der Waals surface area (Å²) in [4.78, 5) is 4.53. The Hall–Kier alpha value is -0.520. The van der Waals surface area contributed by atoms with Crippen LogP contribution in [0, 0.1) is 11.6 Å². The first-order valence-electron chi connectivity index (χ1n) is 3.91. The molecule has 1 rings (SSSR count). The van der Waals surface area contributed by atoms with E-state index in [0.29, 0.717) is 4.47 Å². The molecule has 5 heteroatoms. The van der Waals surface area contributed by atoms with Gasteiger partial charge in [0.25, 0.3) is 0 Å². The lowest BCUT2D eigenvalue weighted by atomic mass is 9.97. The standard InChI is InChI=1S/C9H10BrF2NO/c1-9(2,14-13)8-6(11)3-5(10)4-7(8)12/h3-4H,13H2,1-2H3. The van der Waals surface area contributed by atoms with Crippen LogP contribution in [0.15, 0.2) is 16.6 Å². The molecule has 0 saturated heterocycles. The molecule has 2 nitrogen and oxygen atoms in total. The van der Waals surface area contributed by atoms with E-state index in [1.54, 1.807) is 0 Å². The maximum absolute atomic E-state index is 13.4. The maximum Gasteiger partial charge on any atom is 0.133 e. The van der Waals surface area contributed by atoms with Crippen molar-refractivity contribution in [1.29, 1.82) is 0 Å². The summed E-state index contributed by atoms with van der Waals surface area (Å²) in [7, 11) is 0. The quantitative estimate of drug-likeness (QED) is 0.835. The van der Waals surface area contributed by atoms with E-state index in [1.165, 1.54) is 26.0 Å². The Kier molecular flexibility index (Phi) is 3.24. The highest BCUT2D eigenvalue weighted by Gasteiger charge is 2.28. The summed E-state index contributed by atoms with van der Waals surface area (Å²) in [5, 5.41) is 0. The molecule has 0 bridgehead atoms. The van der Waals surface area contributed by atoms with E-state index in [0.717, 1.165) is 0 Å². The van der Waals surface area contributed by atoms with Gasteiger partial charge in [0.15, 0.2) is 0 Å². The van der Waals surface area contributed by atoms with Crippen LogP contribution < -0.4 is 5.90 Å². The monoisotopic (exact) mass is 265 g/mol. The van der Waals surface area contributed by atoms with Crippen molar-refractivity contribution < 1.29 is 13.6 Å². The molecule has 0 radical (unpaired) electrons. The van der Waals surface area contributed by atoms with Crippen molar-refractivity contribution in [1.82, 2.24) is 0 Å². The molecule has 0 spiro atoms. The third-order valence-electron chi connectivity index (χ3n) is 1.90. The van der Waals surface area contributed by atoms with Crippen molar-refractivity contribution >= 4 is 15.9 Å². The molecule has 0 heterocycles. The van der Waals surface area contributed by atoms with Gasteiger partial charge in [-0.25, -0.2) is 14.7 Å². The van der Waals surface area contributed by atoms with E-state index >= 15 is 0 Å². The molecule has 0 atom stereocenters. The topological polar surface area (TPSA) is 35.2 Å². The Morgan fingerprint density at radius 1 is 1.29 bits per heavy atom.